The summed E-state index contributed by atoms with van der Waals surface area (Å²) in [5.74, 6) is 0.780. The Morgan fingerprint density at radius 1 is 1.67 bits per heavy atom. The molecule has 1 aliphatic rings. The van der Waals surface area contributed by atoms with Crippen LogP contribution in [0.4, 0.5) is 0 Å². The van der Waals surface area contributed by atoms with Gasteiger partial charge in [-0.15, -0.1) is 0 Å². The molecule has 2 unspecified atom stereocenters. The number of aromatic nitrogens is 3. The monoisotopic (exact) mass is 212 g/mol. The van der Waals surface area contributed by atoms with Crippen LogP contribution < -0.4 is 11.0 Å². The summed E-state index contributed by atoms with van der Waals surface area (Å²) in [6.45, 7) is 3.38. The third kappa shape index (κ3) is 1.82. The van der Waals surface area contributed by atoms with E-state index in [1.54, 1.807) is 11.7 Å². The summed E-state index contributed by atoms with van der Waals surface area (Å²) < 4.78 is 6.90. The molecule has 1 aliphatic heterocycles. The fourth-order valence-electron chi connectivity index (χ4n) is 1.98. The molecule has 6 nitrogen and oxygen atoms in total. The summed E-state index contributed by atoms with van der Waals surface area (Å²) in [7, 11) is 1.70. The minimum absolute atomic E-state index is 0.119. The maximum absolute atomic E-state index is 11.4. The van der Waals surface area contributed by atoms with Gasteiger partial charge in [0.15, 0.2) is 5.82 Å². The number of aromatic amines is 1. The van der Waals surface area contributed by atoms with Gasteiger partial charge in [-0.25, -0.2) is 9.89 Å². The van der Waals surface area contributed by atoms with Crippen LogP contribution in [-0.2, 0) is 11.3 Å². The Bertz CT molecular complexity index is 384. The highest BCUT2D eigenvalue weighted by Gasteiger charge is 2.28. The van der Waals surface area contributed by atoms with Gasteiger partial charge in [0.05, 0.1) is 12.1 Å². The summed E-state index contributed by atoms with van der Waals surface area (Å²) in [4.78, 5) is 11.4. The normalized spacial score (nSPS) is 26.0. The number of nitrogens with one attached hydrogen (secondary N) is 2. The molecule has 0 amide bonds. The van der Waals surface area contributed by atoms with Crippen molar-refractivity contribution in [3.05, 3.63) is 16.3 Å². The van der Waals surface area contributed by atoms with Crippen molar-refractivity contribution in [3.63, 3.8) is 0 Å². The van der Waals surface area contributed by atoms with Crippen molar-refractivity contribution < 1.29 is 4.74 Å². The molecule has 2 atom stereocenters. The number of methoxy groups -OCH3 is 1. The zero-order chi connectivity index (χ0) is 10.8. The third-order valence-corrected chi connectivity index (χ3v) is 2.84. The first-order valence-electron chi connectivity index (χ1n) is 5.17. The lowest BCUT2D eigenvalue weighted by atomic mass is 10.2. The summed E-state index contributed by atoms with van der Waals surface area (Å²) in [6, 6.07) is 0.119. The van der Waals surface area contributed by atoms with Crippen LogP contribution in [0.3, 0.4) is 0 Å². The molecular weight excluding hydrogens is 196 g/mol. The Kier molecular flexibility index (Phi) is 2.88. The SMILES string of the molecule is CCn1c(C2CC(OC)CN2)n[nH]c1=O. The van der Waals surface area contributed by atoms with Crippen LogP contribution in [0.25, 0.3) is 0 Å². The highest BCUT2D eigenvalue weighted by molar-refractivity contribution is 5.00. The van der Waals surface area contributed by atoms with Crippen LogP contribution in [0.15, 0.2) is 4.79 Å². The minimum atomic E-state index is -0.143. The van der Waals surface area contributed by atoms with Gasteiger partial charge >= 0.3 is 5.69 Å². The molecule has 6 heteroatoms. The predicted molar refractivity (Wildman–Crippen MR) is 54.7 cm³/mol. The highest BCUT2D eigenvalue weighted by Crippen LogP contribution is 2.21. The van der Waals surface area contributed by atoms with Crippen LogP contribution in [-0.4, -0.2) is 34.5 Å². The van der Waals surface area contributed by atoms with Crippen LogP contribution in [0.2, 0.25) is 0 Å². The molecule has 2 rings (SSSR count). The molecule has 0 aliphatic carbocycles. The molecule has 2 heterocycles. The number of H-pyrrole nitrogens is 1. The van der Waals surface area contributed by atoms with Gasteiger partial charge in [0.25, 0.3) is 0 Å². The summed E-state index contributed by atoms with van der Waals surface area (Å²) in [5.41, 5.74) is -0.143. The molecule has 0 aromatic carbocycles. The van der Waals surface area contributed by atoms with Gasteiger partial charge in [-0.2, -0.15) is 5.10 Å². The second-order valence-electron chi connectivity index (χ2n) is 3.69. The molecule has 2 N–H and O–H groups in total. The lowest BCUT2D eigenvalue weighted by Gasteiger charge is -2.09. The number of hydrogen-bond acceptors (Lipinski definition) is 4. The standard InChI is InChI=1S/C9H16N4O2/c1-3-13-8(11-12-9(13)14)7-4-6(15-2)5-10-7/h6-7,10H,3-5H2,1-2H3,(H,12,14). The van der Waals surface area contributed by atoms with Gasteiger partial charge in [-0.3, -0.25) is 4.57 Å². The largest absolute Gasteiger partial charge is 0.380 e. The molecule has 0 spiro atoms. The average Bonchev–Trinajstić information content (AvgIpc) is 2.83. The molecular formula is C9H16N4O2. The van der Waals surface area contributed by atoms with Crippen molar-refractivity contribution in [2.24, 2.45) is 0 Å². The van der Waals surface area contributed by atoms with Crippen molar-refractivity contribution >= 4 is 0 Å². The molecule has 1 saturated heterocycles. The summed E-state index contributed by atoms with van der Waals surface area (Å²) in [6.07, 6.45) is 1.08. The van der Waals surface area contributed by atoms with E-state index in [4.69, 9.17) is 4.74 Å². The smallest absolute Gasteiger partial charge is 0.343 e. The number of rotatable bonds is 3. The number of ether oxygens (including phenoxy) is 1. The van der Waals surface area contributed by atoms with E-state index in [1.165, 1.54) is 0 Å². The molecule has 0 radical (unpaired) electrons. The van der Waals surface area contributed by atoms with Crippen LogP contribution >= 0.6 is 0 Å². The van der Waals surface area contributed by atoms with Crippen molar-refractivity contribution in [2.75, 3.05) is 13.7 Å². The maximum Gasteiger partial charge on any atom is 0.343 e. The Hall–Kier alpha value is -1.14. The molecule has 0 bridgehead atoms. The van der Waals surface area contributed by atoms with E-state index in [-0.39, 0.29) is 17.8 Å². The predicted octanol–water partition coefficient (Wildman–Crippen LogP) is -0.359. The van der Waals surface area contributed by atoms with E-state index in [2.05, 4.69) is 15.5 Å². The van der Waals surface area contributed by atoms with Crippen molar-refractivity contribution in [2.45, 2.75) is 32.0 Å². The Balaban J connectivity index is 2.20. The second kappa shape index (κ2) is 4.16. The first kappa shape index (κ1) is 10.4. The van der Waals surface area contributed by atoms with Gasteiger partial charge < -0.3 is 10.1 Å². The molecule has 0 saturated carbocycles. The molecule has 15 heavy (non-hydrogen) atoms. The van der Waals surface area contributed by atoms with E-state index >= 15 is 0 Å². The first-order chi connectivity index (χ1) is 7.26. The molecule has 84 valence electrons. The van der Waals surface area contributed by atoms with Gasteiger partial charge in [0.2, 0.25) is 0 Å². The summed E-state index contributed by atoms with van der Waals surface area (Å²) >= 11 is 0. The Morgan fingerprint density at radius 2 is 2.47 bits per heavy atom. The van der Waals surface area contributed by atoms with Crippen molar-refractivity contribution in [1.82, 2.24) is 20.1 Å². The minimum Gasteiger partial charge on any atom is -0.380 e. The molecule has 1 fully saturated rings. The average molecular weight is 212 g/mol. The summed E-state index contributed by atoms with van der Waals surface area (Å²) in [5, 5.41) is 9.81. The van der Waals surface area contributed by atoms with E-state index in [1.807, 2.05) is 6.92 Å². The van der Waals surface area contributed by atoms with Gasteiger partial charge in [-0.1, -0.05) is 0 Å². The van der Waals surface area contributed by atoms with E-state index in [0.29, 0.717) is 6.54 Å². The maximum atomic E-state index is 11.4. The topological polar surface area (TPSA) is 71.9 Å². The van der Waals surface area contributed by atoms with E-state index in [0.717, 1.165) is 18.8 Å². The van der Waals surface area contributed by atoms with E-state index < -0.39 is 0 Å². The highest BCUT2D eigenvalue weighted by atomic mass is 16.5. The van der Waals surface area contributed by atoms with Crippen molar-refractivity contribution in [1.29, 1.82) is 0 Å². The zero-order valence-corrected chi connectivity index (χ0v) is 8.99. The fraction of sp³-hybridized carbons (Fsp3) is 0.778. The third-order valence-electron chi connectivity index (χ3n) is 2.84. The van der Waals surface area contributed by atoms with Gasteiger partial charge in [0, 0.05) is 20.2 Å². The van der Waals surface area contributed by atoms with Gasteiger partial charge in [-0.05, 0) is 13.3 Å². The van der Waals surface area contributed by atoms with E-state index in [9.17, 15) is 4.79 Å². The Labute approximate surface area is 87.6 Å². The van der Waals surface area contributed by atoms with Crippen molar-refractivity contribution in [3.8, 4) is 0 Å². The molecule has 1 aromatic heterocycles. The molecule has 1 aromatic rings. The number of hydrogen-bond donors (Lipinski definition) is 2. The van der Waals surface area contributed by atoms with Crippen LogP contribution in [0, 0.1) is 0 Å². The first-order valence-corrected chi connectivity index (χ1v) is 5.17. The quantitative estimate of drug-likeness (QED) is 0.717. The second-order valence-corrected chi connectivity index (χ2v) is 3.69. The van der Waals surface area contributed by atoms with Gasteiger partial charge in [0.1, 0.15) is 0 Å². The fourth-order valence-corrected chi connectivity index (χ4v) is 1.98. The van der Waals surface area contributed by atoms with Crippen LogP contribution in [0.1, 0.15) is 25.2 Å². The number of nitrogens with zero attached hydrogens (tertiary/aromatic N) is 2. The lowest BCUT2D eigenvalue weighted by molar-refractivity contribution is 0.117. The zero-order valence-electron chi connectivity index (χ0n) is 8.99. The lowest BCUT2D eigenvalue weighted by Crippen LogP contribution is -2.23. The Morgan fingerprint density at radius 3 is 3.07 bits per heavy atom. The van der Waals surface area contributed by atoms with Crippen LogP contribution in [0.5, 0.6) is 0 Å².